The van der Waals surface area contributed by atoms with Crippen LogP contribution in [0.25, 0.3) is 0 Å². The van der Waals surface area contributed by atoms with E-state index in [1.165, 1.54) is 5.01 Å². The highest BCUT2D eigenvalue weighted by Crippen LogP contribution is 2.35. The lowest BCUT2D eigenvalue weighted by Gasteiger charge is -2.37. The zero-order valence-electron chi connectivity index (χ0n) is 14.6. The van der Waals surface area contributed by atoms with Crippen molar-refractivity contribution < 1.29 is 9.47 Å². The Kier molecular flexibility index (Phi) is 5.41. The largest absolute Gasteiger partial charge is 0.375 e. The van der Waals surface area contributed by atoms with E-state index in [1.54, 1.807) is 11.3 Å². The number of aryl methyl sites for hydroxylation is 1. The first-order valence-corrected chi connectivity index (χ1v) is 9.90. The molecule has 1 aliphatic heterocycles. The first kappa shape index (κ1) is 17.1. The molecule has 0 N–H and O–H groups in total. The molecule has 2 aromatic heterocycles. The summed E-state index contributed by atoms with van der Waals surface area (Å²) >= 11 is 1.74. The van der Waals surface area contributed by atoms with Crippen molar-refractivity contribution in [3.8, 4) is 0 Å². The van der Waals surface area contributed by atoms with Gasteiger partial charge in [0.2, 0.25) is 0 Å². The lowest BCUT2D eigenvalue weighted by Crippen LogP contribution is -2.47. The third kappa shape index (κ3) is 4.26. The fourth-order valence-electron chi connectivity index (χ4n) is 3.97. The SMILES string of the molecule is Cc1cccc(COC[C@H]2C[C@@H]3[C@@H](C2)OCCN3Cc2nccs2)n1. The molecule has 5 nitrogen and oxygen atoms in total. The van der Waals surface area contributed by atoms with Crippen LogP contribution in [0, 0.1) is 12.8 Å². The number of rotatable bonds is 6. The van der Waals surface area contributed by atoms with E-state index in [-0.39, 0.29) is 0 Å². The first-order chi connectivity index (χ1) is 12.3. The topological polar surface area (TPSA) is 47.5 Å². The van der Waals surface area contributed by atoms with Crippen molar-refractivity contribution >= 4 is 11.3 Å². The zero-order valence-corrected chi connectivity index (χ0v) is 15.5. The summed E-state index contributed by atoms with van der Waals surface area (Å²) in [6.07, 6.45) is 4.49. The smallest absolute Gasteiger partial charge is 0.107 e. The van der Waals surface area contributed by atoms with Gasteiger partial charge in [0.15, 0.2) is 0 Å². The molecule has 0 amide bonds. The molecular formula is C19H25N3O2S. The average Bonchev–Trinajstić information content (AvgIpc) is 3.25. The maximum atomic E-state index is 6.04. The van der Waals surface area contributed by atoms with Crippen LogP contribution in [0.4, 0.5) is 0 Å². The Hall–Kier alpha value is -1.34. The van der Waals surface area contributed by atoms with Gasteiger partial charge in [0, 0.05) is 29.9 Å². The monoisotopic (exact) mass is 359 g/mol. The van der Waals surface area contributed by atoms with Crippen molar-refractivity contribution in [3.63, 3.8) is 0 Å². The zero-order chi connectivity index (χ0) is 17.1. The van der Waals surface area contributed by atoms with Gasteiger partial charge in [0.05, 0.1) is 38.2 Å². The van der Waals surface area contributed by atoms with Crippen LogP contribution >= 0.6 is 11.3 Å². The molecule has 3 heterocycles. The summed E-state index contributed by atoms with van der Waals surface area (Å²) in [5.41, 5.74) is 2.05. The quantitative estimate of drug-likeness (QED) is 0.793. The number of fused-ring (bicyclic) bond motifs is 1. The molecule has 3 atom stereocenters. The van der Waals surface area contributed by atoms with Gasteiger partial charge in [-0.2, -0.15) is 0 Å². The summed E-state index contributed by atoms with van der Waals surface area (Å²) < 4.78 is 12.0. The number of thiazole rings is 1. The van der Waals surface area contributed by atoms with Crippen LogP contribution in [0.3, 0.4) is 0 Å². The molecule has 1 saturated carbocycles. The maximum absolute atomic E-state index is 6.04. The lowest BCUT2D eigenvalue weighted by atomic mass is 10.1. The highest BCUT2D eigenvalue weighted by Gasteiger charge is 2.41. The van der Waals surface area contributed by atoms with Crippen LogP contribution in [-0.4, -0.2) is 46.8 Å². The molecule has 134 valence electrons. The van der Waals surface area contributed by atoms with Crippen molar-refractivity contribution in [1.82, 2.24) is 14.9 Å². The Labute approximate surface area is 153 Å². The molecule has 1 aliphatic carbocycles. The van der Waals surface area contributed by atoms with Crippen LogP contribution in [0.15, 0.2) is 29.8 Å². The molecule has 6 heteroatoms. The lowest BCUT2D eigenvalue weighted by molar-refractivity contribution is -0.0591. The molecule has 25 heavy (non-hydrogen) atoms. The van der Waals surface area contributed by atoms with E-state index < -0.39 is 0 Å². The van der Waals surface area contributed by atoms with E-state index >= 15 is 0 Å². The number of morpholine rings is 1. The number of ether oxygens (including phenoxy) is 2. The van der Waals surface area contributed by atoms with E-state index in [4.69, 9.17) is 9.47 Å². The molecule has 0 unspecified atom stereocenters. The maximum Gasteiger partial charge on any atom is 0.107 e. The minimum absolute atomic E-state index is 0.347. The van der Waals surface area contributed by atoms with Gasteiger partial charge >= 0.3 is 0 Å². The van der Waals surface area contributed by atoms with E-state index in [0.29, 0.717) is 24.7 Å². The van der Waals surface area contributed by atoms with Crippen LogP contribution in [0.5, 0.6) is 0 Å². The second kappa shape index (κ2) is 7.91. The molecular weight excluding hydrogens is 334 g/mol. The number of nitrogens with zero attached hydrogens (tertiary/aromatic N) is 3. The second-order valence-corrected chi connectivity index (χ2v) is 7.97. The second-order valence-electron chi connectivity index (χ2n) is 7.00. The molecule has 2 aliphatic rings. The average molecular weight is 359 g/mol. The van der Waals surface area contributed by atoms with Crippen molar-refractivity contribution in [2.24, 2.45) is 5.92 Å². The van der Waals surface area contributed by atoms with Gasteiger partial charge in [0.1, 0.15) is 5.01 Å². The standard InChI is InChI=1S/C19H25N3O2S/c1-14-3-2-4-16(21-14)13-23-12-15-9-17-18(10-15)24-7-6-22(17)11-19-20-5-8-25-19/h2-5,8,15,17-18H,6-7,9-13H2,1H3/t15-,17+,18+/m0/s1. The van der Waals surface area contributed by atoms with Gasteiger partial charge in [-0.15, -0.1) is 11.3 Å². The summed E-state index contributed by atoms with van der Waals surface area (Å²) in [5, 5.41) is 3.25. The van der Waals surface area contributed by atoms with Gasteiger partial charge in [-0.25, -0.2) is 4.98 Å². The summed E-state index contributed by atoms with van der Waals surface area (Å²) in [7, 11) is 0. The normalized spacial score (nSPS) is 26.7. The van der Waals surface area contributed by atoms with Crippen molar-refractivity contribution in [2.45, 2.75) is 45.1 Å². The van der Waals surface area contributed by atoms with E-state index in [9.17, 15) is 0 Å². The fourth-order valence-corrected chi connectivity index (χ4v) is 4.61. The molecule has 4 rings (SSSR count). The van der Waals surface area contributed by atoms with Crippen molar-refractivity contribution in [3.05, 3.63) is 46.2 Å². The van der Waals surface area contributed by atoms with Crippen LogP contribution < -0.4 is 0 Å². The fraction of sp³-hybridized carbons (Fsp3) is 0.579. The summed E-state index contributed by atoms with van der Waals surface area (Å²) in [6.45, 7) is 6.17. The molecule has 0 spiro atoms. The van der Waals surface area contributed by atoms with E-state index in [1.807, 2.05) is 31.3 Å². The Morgan fingerprint density at radius 3 is 3.16 bits per heavy atom. The van der Waals surface area contributed by atoms with E-state index in [0.717, 1.165) is 50.5 Å². The first-order valence-electron chi connectivity index (χ1n) is 9.02. The molecule has 0 bridgehead atoms. The molecule has 0 aromatic carbocycles. The van der Waals surface area contributed by atoms with Crippen LogP contribution in [0.1, 0.15) is 29.2 Å². The Balaban J connectivity index is 1.29. The highest BCUT2D eigenvalue weighted by atomic mass is 32.1. The summed E-state index contributed by atoms with van der Waals surface area (Å²) in [6, 6.07) is 6.58. The van der Waals surface area contributed by atoms with Gasteiger partial charge in [-0.05, 0) is 37.8 Å². The van der Waals surface area contributed by atoms with Crippen LogP contribution in [0.2, 0.25) is 0 Å². The number of pyridine rings is 1. The third-order valence-electron chi connectivity index (χ3n) is 5.12. The minimum Gasteiger partial charge on any atom is -0.375 e. The Morgan fingerprint density at radius 1 is 1.36 bits per heavy atom. The van der Waals surface area contributed by atoms with E-state index in [2.05, 4.69) is 20.2 Å². The minimum atomic E-state index is 0.347. The van der Waals surface area contributed by atoms with Gasteiger partial charge in [-0.3, -0.25) is 9.88 Å². The molecule has 2 fully saturated rings. The van der Waals surface area contributed by atoms with Gasteiger partial charge in [-0.1, -0.05) is 6.07 Å². The summed E-state index contributed by atoms with van der Waals surface area (Å²) in [5.74, 6) is 0.566. The Morgan fingerprint density at radius 2 is 2.32 bits per heavy atom. The number of hydrogen-bond donors (Lipinski definition) is 0. The molecule has 0 radical (unpaired) electrons. The predicted molar refractivity (Wildman–Crippen MR) is 97.4 cm³/mol. The Bertz CT molecular complexity index is 679. The molecule has 1 saturated heterocycles. The van der Waals surface area contributed by atoms with Gasteiger partial charge in [0.25, 0.3) is 0 Å². The summed E-state index contributed by atoms with van der Waals surface area (Å²) in [4.78, 5) is 11.5. The van der Waals surface area contributed by atoms with Gasteiger partial charge < -0.3 is 9.47 Å². The molecule has 2 aromatic rings. The third-order valence-corrected chi connectivity index (χ3v) is 5.88. The van der Waals surface area contributed by atoms with Crippen molar-refractivity contribution in [1.29, 1.82) is 0 Å². The highest BCUT2D eigenvalue weighted by molar-refractivity contribution is 7.09. The van der Waals surface area contributed by atoms with Crippen molar-refractivity contribution in [2.75, 3.05) is 19.8 Å². The number of aromatic nitrogens is 2. The van der Waals surface area contributed by atoms with Crippen LogP contribution in [-0.2, 0) is 22.6 Å². The predicted octanol–water partition coefficient (Wildman–Crippen LogP) is 3.04. The number of hydrogen-bond acceptors (Lipinski definition) is 6.